The van der Waals surface area contributed by atoms with Crippen molar-refractivity contribution in [2.24, 2.45) is 11.8 Å². The number of hydrogen-bond donors (Lipinski definition) is 0. The standard InChI is InChI=1S/C27H19Br2NO4/c28-26-17-10-4-5-11-18(17)27(29,20-13-7-6-12-19(20)26)23-22(26)24(32)30(25(23)33)14-21(31)34-15-16-8-2-1-3-9-16/h1-13,22-23H,14-15H2. The first-order valence-corrected chi connectivity index (χ1v) is 12.6. The molecular formula is C27H19Br2NO4. The largest absolute Gasteiger partial charge is 0.459 e. The number of halogens is 2. The summed E-state index contributed by atoms with van der Waals surface area (Å²) in [5.41, 5.74) is 4.68. The Morgan fingerprint density at radius 3 is 1.59 bits per heavy atom. The molecule has 3 aromatic carbocycles. The summed E-state index contributed by atoms with van der Waals surface area (Å²) in [6, 6.07) is 25.1. The molecule has 2 atom stereocenters. The van der Waals surface area contributed by atoms with E-state index in [9.17, 15) is 14.4 Å². The monoisotopic (exact) mass is 579 g/mol. The van der Waals surface area contributed by atoms with Crippen LogP contribution in [-0.4, -0.2) is 29.2 Å². The Labute approximate surface area is 213 Å². The topological polar surface area (TPSA) is 63.7 Å². The minimum Gasteiger partial charge on any atom is -0.459 e. The summed E-state index contributed by atoms with van der Waals surface area (Å²) in [5, 5.41) is 0. The average molecular weight is 581 g/mol. The molecule has 0 aromatic heterocycles. The van der Waals surface area contributed by atoms with E-state index in [0.717, 1.165) is 32.7 Å². The highest BCUT2D eigenvalue weighted by Gasteiger charge is 2.72. The number of esters is 1. The Morgan fingerprint density at radius 2 is 1.15 bits per heavy atom. The van der Waals surface area contributed by atoms with E-state index in [1.807, 2.05) is 78.9 Å². The quantitative estimate of drug-likeness (QED) is 0.256. The number of imide groups is 1. The van der Waals surface area contributed by atoms with Gasteiger partial charge in [-0.25, -0.2) is 0 Å². The first kappa shape index (κ1) is 21.7. The molecule has 5 nitrogen and oxygen atoms in total. The van der Waals surface area contributed by atoms with Crippen molar-refractivity contribution in [3.8, 4) is 0 Å². The molecule has 1 fully saturated rings. The second kappa shape index (κ2) is 7.62. The van der Waals surface area contributed by atoms with Crippen LogP contribution in [0.15, 0.2) is 78.9 Å². The number of carbonyl (C=O) groups excluding carboxylic acids is 3. The maximum atomic E-state index is 13.8. The first-order valence-electron chi connectivity index (χ1n) is 11.0. The molecule has 3 aliphatic carbocycles. The van der Waals surface area contributed by atoms with Crippen LogP contribution >= 0.6 is 31.9 Å². The number of ether oxygens (including phenoxy) is 1. The van der Waals surface area contributed by atoms with Crippen LogP contribution in [0.1, 0.15) is 27.8 Å². The van der Waals surface area contributed by atoms with Gasteiger partial charge in [0.25, 0.3) is 0 Å². The lowest BCUT2D eigenvalue weighted by molar-refractivity contribution is -0.153. The summed E-state index contributed by atoms with van der Waals surface area (Å²) in [6.07, 6.45) is 0. The number of likely N-dealkylation sites (tertiary alicyclic amines) is 1. The fourth-order valence-corrected chi connectivity index (χ4v) is 8.10. The van der Waals surface area contributed by atoms with Crippen molar-refractivity contribution in [1.29, 1.82) is 0 Å². The fraction of sp³-hybridized carbons (Fsp3) is 0.222. The van der Waals surface area contributed by atoms with E-state index in [2.05, 4.69) is 31.9 Å². The van der Waals surface area contributed by atoms with Crippen molar-refractivity contribution < 1.29 is 19.1 Å². The van der Waals surface area contributed by atoms with Gasteiger partial charge in [0.05, 0.1) is 20.5 Å². The maximum Gasteiger partial charge on any atom is 0.326 e. The molecule has 34 heavy (non-hydrogen) atoms. The third kappa shape index (κ3) is 2.74. The van der Waals surface area contributed by atoms with Gasteiger partial charge in [-0.05, 0) is 27.8 Å². The minimum absolute atomic E-state index is 0.0877. The summed E-state index contributed by atoms with van der Waals surface area (Å²) in [4.78, 5) is 41.3. The van der Waals surface area contributed by atoms with Gasteiger partial charge < -0.3 is 4.74 Å². The molecule has 7 heteroatoms. The molecule has 0 radical (unpaired) electrons. The third-order valence-corrected chi connectivity index (χ3v) is 9.90. The van der Waals surface area contributed by atoms with Crippen molar-refractivity contribution in [3.05, 3.63) is 107 Å². The molecule has 170 valence electrons. The molecule has 2 bridgehead atoms. The minimum atomic E-state index is -0.865. The van der Waals surface area contributed by atoms with E-state index in [4.69, 9.17) is 4.74 Å². The molecule has 0 spiro atoms. The first-order chi connectivity index (χ1) is 16.4. The summed E-state index contributed by atoms with van der Waals surface area (Å²) in [7, 11) is 0. The Balaban J connectivity index is 1.38. The van der Waals surface area contributed by atoms with Crippen molar-refractivity contribution in [1.82, 2.24) is 4.90 Å². The predicted octanol–water partition coefficient (Wildman–Crippen LogP) is 4.64. The highest BCUT2D eigenvalue weighted by Crippen LogP contribution is 2.70. The van der Waals surface area contributed by atoms with E-state index < -0.39 is 33.0 Å². The summed E-state index contributed by atoms with van der Waals surface area (Å²) in [6.45, 7) is -0.319. The number of amides is 2. The summed E-state index contributed by atoms with van der Waals surface area (Å²) in [5.74, 6) is -2.72. The number of alkyl halides is 2. The zero-order valence-electron chi connectivity index (χ0n) is 17.9. The second-order valence-electron chi connectivity index (χ2n) is 8.88. The van der Waals surface area contributed by atoms with Crippen LogP contribution in [0.25, 0.3) is 0 Å². The van der Waals surface area contributed by atoms with Gasteiger partial charge in [0.1, 0.15) is 13.2 Å². The Hall–Kier alpha value is -2.77. The smallest absolute Gasteiger partial charge is 0.326 e. The van der Waals surface area contributed by atoms with Gasteiger partial charge in [-0.15, -0.1) is 0 Å². The molecule has 1 aliphatic heterocycles. The van der Waals surface area contributed by atoms with Gasteiger partial charge in [0.2, 0.25) is 11.8 Å². The molecule has 1 saturated heterocycles. The molecule has 2 amide bonds. The van der Waals surface area contributed by atoms with Crippen molar-refractivity contribution in [2.75, 3.05) is 6.54 Å². The molecule has 0 N–H and O–H groups in total. The van der Waals surface area contributed by atoms with Crippen molar-refractivity contribution in [3.63, 3.8) is 0 Å². The van der Waals surface area contributed by atoms with Crippen LogP contribution in [-0.2, 0) is 34.4 Å². The van der Waals surface area contributed by atoms with Crippen LogP contribution in [0.3, 0.4) is 0 Å². The average Bonchev–Trinajstić information content (AvgIpc) is 3.12. The van der Waals surface area contributed by atoms with Crippen LogP contribution < -0.4 is 0 Å². The molecule has 2 unspecified atom stereocenters. The van der Waals surface area contributed by atoms with E-state index in [1.165, 1.54) is 0 Å². The van der Waals surface area contributed by atoms with Crippen LogP contribution in [0.2, 0.25) is 0 Å². The summed E-state index contributed by atoms with van der Waals surface area (Å²) < 4.78 is 3.64. The van der Waals surface area contributed by atoms with Gasteiger partial charge >= 0.3 is 5.97 Å². The fourth-order valence-electron chi connectivity index (χ4n) is 5.79. The lowest BCUT2D eigenvalue weighted by Gasteiger charge is -2.55. The van der Waals surface area contributed by atoms with E-state index in [0.29, 0.717) is 0 Å². The zero-order chi connectivity index (χ0) is 23.7. The van der Waals surface area contributed by atoms with Crippen LogP contribution in [0.5, 0.6) is 0 Å². The Morgan fingerprint density at radius 1 is 0.735 bits per heavy atom. The normalized spacial score (nSPS) is 28.4. The highest BCUT2D eigenvalue weighted by atomic mass is 79.9. The molecule has 0 saturated carbocycles. The molecular weight excluding hydrogens is 562 g/mol. The molecule has 4 aliphatic rings. The lowest BCUT2D eigenvalue weighted by Crippen LogP contribution is -2.56. The van der Waals surface area contributed by atoms with Gasteiger partial charge in [0, 0.05) is 0 Å². The van der Waals surface area contributed by atoms with Crippen molar-refractivity contribution >= 4 is 49.6 Å². The van der Waals surface area contributed by atoms with Gasteiger partial charge in [-0.3, -0.25) is 19.3 Å². The SMILES string of the molecule is O=C(CN1C(=O)C2C(C1=O)C1(Br)c3ccccc3C2(Br)c2ccccc21)OCc1ccccc1. The molecule has 3 aromatic rings. The summed E-state index contributed by atoms with van der Waals surface area (Å²) >= 11 is 7.90. The molecule has 7 rings (SSSR count). The van der Waals surface area contributed by atoms with Gasteiger partial charge in [0.15, 0.2) is 0 Å². The van der Waals surface area contributed by atoms with E-state index in [-0.39, 0.29) is 18.4 Å². The number of benzene rings is 3. The zero-order valence-corrected chi connectivity index (χ0v) is 21.1. The second-order valence-corrected chi connectivity index (χ2v) is 11.4. The van der Waals surface area contributed by atoms with Gasteiger partial charge in [-0.2, -0.15) is 0 Å². The number of carbonyl (C=O) groups is 3. The lowest BCUT2D eigenvalue weighted by atomic mass is 9.54. The predicted molar refractivity (Wildman–Crippen MR) is 132 cm³/mol. The van der Waals surface area contributed by atoms with Crippen molar-refractivity contribution in [2.45, 2.75) is 15.3 Å². The van der Waals surface area contributed by atoms with E-state index in [1.54, 1.807) is 0 Å². The Kier molecular flexibility index (Phi) is 4.87. The number of rotatable bonds is 4. The van der Waals surface area contributed by atoms with Crippen LogP contribution in [0, 0.1) is 11.8 Å². The van der Waals surface area contributed by atoms with E-state index >= 15 is 0 Å². The maximum absolute atomic E-state index is 13.8. The number of nitrogens with zero attached hydrogens (tertiary/aromatic N) is 1. The van der Waals surface area contributed by atoms with Crippen LogP contribution in [0.4, 0.5) is 0 Å². The molecule has 1 heterocycles. The number of hydrogen-bond acceptors (Lipinski definition) is 4. The van der Waals surface area contributed by atoms with Gasteiger partial charge in [-0.1, -0.05) is 111 Å². The third-order valence-electron chi connectivity index (χ3n) is 7.21. The highest BCUT2D eigenvalue weighted by molar-refractivity contribution is 9.10. The Bertz CT molecular complexity index is 1230.